The highest BCUT2D eigenvalue weighted by Crippen LogP contribution is 2.31. The maximum atomic E-state index is 13.2. The summed E-state index contributed by atoms with van der Waals surface area (Å²) in [6.07, 6.45) is 4.53. The van der Waals surface area contributed by atoms with Crippen molar-refractivity contribution >= 4 is 48.5 Å². The maximum Gasteiger partial charge on any atom is 0.252 e. The van der Waals surface area contributed by atoms with Gasteiger partial charge in [-0.05, 0) is 29.8 Å². The quantitative estimate of drug-likeness (QED) is 0.493. The fraction of sp³-hybridized carbons (Fsp3) is 0.304. The Morgan fingerprint density at radius 3 is 2.66 bits per heavy atom. The summed E-state index contributed by atoms with van der Waals surface area (Å²) >= 11 is 1.32. The summed E-state index contributed by atoms with van der Waals surface area (Å²) in [5.41, 5.74) is 1.62. The Bertz CT molecular complexity index is 1220. The fourth-order valence-corrected chi connectivity index (χ4v) is 5.18. The van der Waals surface area contributed by atoms with Crippen LogP contribution in [0.25, 0.3) is 16.3 Å². The molecule has 168 valence electrons. The van der Waals surface area contributed by atoms with E-state index in [-0.39, 0.29) is 10.8 Å². The number of benzene rings is 2. The summed E-state index contributed by atoms with van der Waals surface area (Å²) in [5.74, 6) is -0.162. The standard InChI is InChI=1S/C23H25N3O4S2/c1-32(28,29)19-8-9-20-21(17-19)31-23(24-20)26(12-11-25-13-15-30-16-14-25)22(27)10-7-18-5-3-2-4-6-18/h2-10,17H,11-16H2,1H3. The highest BCUT2D eigenvalue weighted by molar-refractivity contribution is 7.90. The average Bonchev–Trinajstić information content (AvgIpc) is 3.21. The minimum atomic E-state index is -3.32. The second kappa shape index (κ2) is 9.91. The van der Waals surface area contributed by atoms with Crippen molar-refractivity contribution in [3.63, 3.8) is 0 Å². The lowest BCUT2D eigenvalue weighted by Crippen LogP contribution is -2.42. The number of anilines is 1. The molecule has 0 saturated carbocycles. The lowest BCUT2D eigenvalue weighted by Gasteiger charge is -2.28. The SMILES string of the molecule is CS(=O)(=O)c1ccc2nc(N(CCN3CCOCC3)C(=O)C=Cc3ccccc3)sc2c1. The number of morpholine rings is 1. The van der Waals surface area contributed by atoms with Crippen LogP contribution in [-0.2, 0) is 19.4 Å². The first kappa shape index (κ1) is 22.6. The van der Waals surface area contributed by atoms with Crippen LogP contribution in [0.5, 0.6) is 0 Å². The smallest absolute Gasteiger partial charge is 0.252 e. The summed E-state index contributed by atoms with van der Waals surface area (Å²) < 4.78 is 30.0. The van der Waals surface area contributed by atoms with Crippen molar-refractivity contribution in [1.29, 1.82) is 0 Å². The van der Waals surface area contributed by atoms with Gasteiger partial charge in [-0.15, -0.1) is 0 Å². The van der Waals surface area contributed by atoms with Gasteiger partial charge in [0.15, 0.2) is 15.0 Å². The molecule has 4 rings (SSSR count). The van der Waals surface area contributed by atoms with Crippen molar-refractivity contribution in [3.05, 3.63) is 60.2 Å². The van der Waals surface area contributed by atoms with Gasteiger partial charge in [-0.3, -0.25) is 14.6 Å². The van der Waals surface area contributed by atoms with Crippen molar-refractivity contribution in [2.75, 3.05) is 50.5 Å². The molecule has 0 atom stereocenters. The number of hydrogen-bond acceptors (Lipinski definition) is 7. The van der Waals surface area contributed by atoms with Crippen LogP contribution in [0.2, 0.25) is 0 Å². The van der Waals surface area contributed by atoms with E-state index in [1.807, 2.05) is 30.3 Å². The first-order valence-electron chi connectivity index (χ1n) is 10.4. The number of amides is 1. The maximum absolute atomic E-state index is 13.2. The van der Waals surface area contributed by atoms with Crippen LogP contribution < -0.4 is 4.90 Å². The van der Waals surface area contributed by atoms with E-state index in [4.69, 9.17) is 4.74 Å². The lowest BCUT2D eigenvalue weighted by molar-refractivity contribution is -0.114. The van der Waals surface area contributed by atoms with Gasteiger partial charge in [0.2, 0.25) is 0 Å². The fourth-order valence-electron chi connectivity index (χ4n) is 3.43. The molecule has 0 N–H and O–H groups in total. The Labute approximate surface area is 191 Å². The Morgan fingerprint density at radius 2 is 1.94 bits per heavy atom. The van der Waals surface area contributed by atoms with Gasteiger partial charge in [0.05, 0.1) is 28.3 Å². The number of hydrogen-bond donors (Lipinski definition) is 0. The first-order valence-corrected chi connectivity index (χ1v) is 13.1. The predicted molar refractivity (Wildman–Crippen MR) is 128 cm³/mol. The molecule has 0 spiro atoms. The average molecular weight is 472 g/mol. The van der Waals surface area contributed by atoms with Crippen LogP contribution in [0.15, 0.2) is 59.5 Å². The normalized spacial score (nSPS) is 15.4. The summed E-state index contributed by atoms with van der Waals surface area (Å²) in [4.78, 5) is 22.0. The molecule has 1 amide bonds. The van der Waals surface area contributed by atoms with Gasteiger partial charge in [-0.2, -0.15) is 0 Å². The number of aromatic nitrogens is 1. The predicted octanol–water partition coefficient (Wildman–Crippen LogP) is 3.08. The molecular formula is C23H25N3O4S2. The van der Waals surface area contributed by atoms with Gasteiger partial charge in [0.1, 0.15) is 0 Å². The summed E-state index contributed by atoms with van der Waals surface area (Å²) in [7, 11) is -3.32. The summed E-state index contributed by atoms with van der Waals surface area (Å²) in [6.45, 7) is 4.24. The van der Waals surface area contributed by atoms with Crippen molar-refractivity contribution in [3.8, 4) is 0 Å². The Balaban J connectivity index is 1.61. The van der Waals surface area contributed by atoms with E-state index in [1.54, 1.807) is 35.3 Å². The molecule has 0 unspecified atom stereocenters. The van der Waals surface area contributed by atoms with Crippen LogP contribution in [0.3, 0.4) is 0 Å². The number of carbonyl (C=O) groups excluding carboxylic acids is 1. The number of nitrogens with zero attached hydrogens (tertiary/aromatic N) is 3. The molecular weight excluding hydrogens is 446 g/mol. The van der Waals surface area contributed by atoms with Crippen LogP contribution in [-0.4, -0.2) is 69.9 Å². The highest BCUT2D eigenvalue weighted by Gasteiger charge is 2.21. The van der Waals surface area contributed by atoms with E-state index < -0.39 is 9.84 Å². The summed E-state index contributed by atoms with van der Waals surface area (Å²) in [6, 6.07) is 14.5. The minimum Gasteiger partial charge on any atom is -0.379 e. The third-order valence-corrected chi connectivity index (χ3v) is 7.39. The highest BCUT2D eigenvalue weighted by atomic mass is 32.2. The molecule has 32 heavy (non-hydrogen) atoms. The first-order chi connectivity index (χ1) is 15.4. The van der Waals surface area contributed by atoms with E-state index in [2.05, 4.69) is 9.88 Å². The van der Waals surface area contributed by atoms with E-state index in [0.29, 0.717) is 37.0 Å². The van der Waals surface area contributed by atoms with Crippen LogP contribution in [0.4, 0.5) is 5.13 Å². The lowest BCUT2D eigenvalue weighted by atomic mass is 10.2. The number of thiazole rings is 1. The zero-order valence-electron chi connectivity index (χ0n) is 17.8. The van der Waals surface area contributed by atoms with Gasteiger partial charge in [-0.1, -0.05) is 41.7 Å². The second-order valence-electron chi connectivity index (χ2n) is 7.59. The molecule has 1 aliphatic heterocycles. The number of ether oxygens (including phenoxy) is 1. The third kappa shape index (κ3) is 5.60. The monoisotopic (exact) mass is 471 g/mol. The van der Waals surface area contributed by atoms with Gasteiger partial charge in [-0.25, -0.2) is 13.4 Å². The van der Waals surface area contributed by atoms with Crippen molar-refractivity contribution in [1.82, 2.24) is 9.88 Å². The molecule has 2 heterocycles. The topological polar surface area (TPSA) is 79.8 Å². The second-order valence-corrected chi connectivity index (χ2v) is 10.6. The zero-order valence-corrected chi connectivity index (χ0v) is 19.4. The van der Waals surface area contributed by atoms with E-state index in [1.165, 1.54) is 17.6 Å². The zero-order chi connectivity index (χ0) is 22.6. The van der Waals surface area contributed by atoms with Gasteiger partial charge < -0.3 is 4.74 Å². The third-order valence-electron chi connectivity index (χ3n) is 5.24. The Kier molecular flexibility index (Phi) is 7.00. The molecule has 1 saturated heterocycles. The minimum absolute atomic E-state index is 0.162. The molecule has 9 heteroatoms. The molecule has 7 nitrogen and oxygen atoms in total. The van der Waals surface area contributed by atoms with E-state index >= 15 is 0 Å². The van der Waals surface area contributed by atoms with Crippen molar-refractivity contribution in [2.24, 2.45) is 0 Å². The molecule has 2 aromatic carbocycles. The molecule has 1 aromatic heterocycles. The molecule has 0 aliphatic carbocycles. The number of fused-ring (bicyclic) bond motifs is 1. The number of rotatable bonds is 7. The van der Waals surface area contributed by atoms with Gasteiger partial charge in [0.25, 0.3) is 5.91 Å². The van der Waals surface area contributed by atoms with Crippen LogP contribution >= 0.6 is 11.3 Å². The molecule has 0 bridgehead atoms. The molecule has 1 fully saturated rings. The van der Waals surface area contributed by atoms with Crippen molar-refractivity contribution in [2.45, 2.75) is 4.90 Å². The number of carbonyl (C=O) groups is 1. The Hall–Kier alpha value is -2.59. The Morgan fingerprint density at radius 1 is 1.19 bits per heavy atom. The van der Waals surface area contributed by atoms with Gasteiger partial charge in [0, 0.05) is 38.5 Å². The number of sulfone groups is 1. The van der Waals surface area contributed by atoms with Crippen LogP contribution in [0.1, 0.15) is 5.56 Å². The van der Waals surface area contributed by atoms with E-state index in [0.717, 1.165) is 23.4 Å². The van der Waals surface area contributed by atoms with Crippen LogP contribution in [0, 0.1) is 0 Å². The molecule has 0 radical (unpaired) electrons. The summed E-state index contributed by atoms with van der Waals surface area (Å²) in [5, 5.41) is 0.557. The molecule has 1 aliphatic rings. The van der Waals surface area contributed by atoms with E-state index in [9.17, 15) is 13.2 Å². The van der Waals surface area contributed by atoms with Crippen molar-refractivity contribution < 1.29 is 17.9 Å². The van der Waals surface area contributed by atoms with Gasteiger partial charge >= 0.3 is 0 Å². The molecule has 3 aromatic rings. The largest absolute Gasteiger partial charge is 0.379 e.